The normalized spacial score (nSPS) is 31.5. The third-order valence-electron chi connectivity index (χ3n) is 6.49. The Morgan fingerprint density at radius 1 is 1.29 bits per heavy atom. The second-order valence-corrected chi connectivity index (χ2v) is 9.03. The van der Waals surface area contributed by atoms with Crippen molar-refractivity contribution in [3.63, 3.8) is 0 Å². The van der Waals surface area contributed by atoms with E-state index in [2.05, 4.69) is 26.7 Å². The highest BCUT2D eigenvalue weighted by Crippen LogP contribution is 2.40. The number of amides is 2. The number of carbonyl (C=O) groups is 2. The molecule has 1 spiro atoms. The smallest absolute Gasteiger partial charge is 0.428 e. The number of carbonyl (C=O) groups excluding carboxylic acids is 2. The van der Waals surface area contributed by atoms with Crippen LogP contribution >= 0.6 is 0 Å². The van der Waals surface area contributed by atoms with Gasteiger partial charge in [-0.25, -0.2) is 20.0 Å². The van der Waals surface area contributed by atoms with Crippen LogP contribution in [0.15, 0.2) is 29.4 Å². The van der Waals surface area contributed by atoms with Gasteiger partial charge in [0.15, 0.2) is 5.60 Å². The van der Waals surface area contributed by atoms with Crippen molar-refractivity contribution in [2.24, 2.45) is 11.0 Å². The Morgan fingerprint density at radius 2 is 2.00 bits per heavy atom. The van der Waals surface area contributed by atoms with Gasteiger partial charge in [0, 0.05) is 17.6 Å². The topological polar surface area (TPSA) is 104 Å². The average Bonchev–Trinajstić information content (AvgIpc) is 3.17. The van der Waals surface area contributed by atoms with Crippen LogP contribution in [-0.2, 0) is 9.53 Å². The van der Waals surface area contributed by atoms with Crippen molar-refractivity contribution in [1.29, 1.82) is 0 Å². The maximum absolute atomic E-state index is 13.4. The minimum absolute atomic E-state index is 0.0228. The largest absolute Gasteiger partial charge is 0.435 e. The standard InChI is InChI=1S/C22H30FN5O3/c1-13(24-20(29)18-12-14(2)25-26-18)11-15-7-9-22(10-8-15)19(27-28-21(30)31-22)16-3-5-17(23)6-4-16/h3-6,13-15,18,25-26H,7-12H2,1-2H3,(H,24,29)(H,28,30)/t13-,14?,15?,18?,22?/m0/s1. The number of nitrogens with one attached hydrogen (secondary N) is 4. The Morgan fingerprint density at radius 3 is 2.65 bits per heavy atom. The van der Waals surface area contributed by atoms with Crippen molar-refractivity contribution in [2.45, 2.75) is 76.1 Å². The lowest BCUT2D eigenvalue weighted by atomic mass is 9.73. The van der Waals surface area contributed by atoms with Crippen LogP contribution in [0, 0.1) is 11.7 Å². The van der Waals surface area contributed by atoms with Gasteiger partial charge in [-0.1, -0.05) is 12.1 Å². The van der Waals surface area contributed by atoms with Crippen LogP contribution in [0.25, 0.3) is 0 Å². The molecule has 0 aromatic heterocycles. The summed E-state index contributed by atoms with van der Waals surface area (Å²) in [6.07, 6.45) is 4.09. The van der Waals surface area contributed by atoms with E-state index in [1.54, 1.807) is 12.1 Å². The minimum atomic E-state index is -0.793. The highest BCUT2D eigenvalue weighted by Gasteiger charge is 2.46. The number of hydrogen-bond acceptors (Lipinski definition) is 6. The predicted molar refractivity (Wildman–Crippen MR) is 114 cm³/mol. The van der Waals surface area contributed by atoms with Gasteiger partial charge in [-0.05, 0) is 70.4 Å². The Hall–Kier alpha value is -2.52. The van der Waals surface area contributed by atoms with Crippen LogP contribution in [0.2, 0.25) is 0 Å². The van der Waals surface area contributed by atoms with E-state index in [1.165, 1.54) is 12.1 Å². The van der Waals surface area contributed by atoms with E-state index in [9.17, 15) is 14.0 Å². The van der Waals surface area contributed by atoms with E-state index in [1.807, 2.05) is 13.8 Å². The number of benzene rings is 1. The number of hydrazine groups is 1. The molecule has 1 aliphatic carbocycles. The zero-order valence-electron chi connectivity index (χ0n) is 17.9. The van der Waals surface area contributed by atoms with Crippen molar-refractivity contribution >= 4 is 17.7 Å². The molecule has 4 N–H and O–H groups in total. The molecule has 2 heterocycles. The van der Waals surface area contributed by atoms with Crippen LogP contribution in [-0.4, -0.2) is 41.4 Å². The van der Waals surface area contributed by atoms with E-state index < -0.39 is 11.7 Å². The van der Waals surface area contributed by atoms with Gasteiger partial charge < -0.3 is 10.1 Å². The van der Waals surface area contributed by atoms with Crippen LogP contribution in [0.4, 0.5) is 9.18 Å². The van der Waals surface area contributed by atoms with Gasteiger partial charge in [0.05, 0.1) is 0 Å². The molecule has 2 fully saturated rings. The predicted octanol–water partition coefficient (Wildman–Crippen LogP) is 2.35. The summed E-state index contributed by atoms with van der Waals surface area (Å²) < 4.78 is 19.1. The third kappa shape index (κ3) is 4.88. The minimum Gasteiger partial charge on any atom is -0.435 e. The lowest BCUT2D eigenvalue weighted by Crippen LogP contribution is -2.52. The summed E-state index contributed by atoms with van der Waals surface area (Å²) in [5, 5.41) is 7.37. The molecule has 4 rings (SSSR count). The van der Waals surface area contributed by atoms with Crippen LogP contribution < -0.4 is 21.6 Å². The molecule has 0 bridgehead atoms. The zero-order chi connectivity index (χ0) is 22.0. The van der Waals surface area contributed by atoms with Crippen molar-refractivity contribution in [2.75, 3.05) is 0 Å². The van der Waals surface area contributed by atoms with Crippen molar-refractivity contribution in [3.8, 4) is 0 Å². The molecule has 168 valence electrons. The summed E-state index contributed by atoms with van der Waals surface area (Å²) in [4.78, 5) is 24.4. The summed E-state index contributed by atoms with van der Waals surface area (Å²) in [5.74, 6) is 0.115. The van der Waals surface area contributed by atoms with E-state index >= 15 is 0 Å². The van der Waals surface area contributed by atoms with Gasteiger partial charge in [0.25, 0.3) is 0 Å². The molecular weight excluding hydrogens is 401 g/mol. The summed E-state index contributed by atoms with van der Waals surface area (Å²) in [7, 11) is 0. The summed E-state index contributed by atoms with van der Waals surface area (Å²) in [6.45, 7) is 4.07. The third-order valence-corrected chi connectivity index (χ3v) is 6.49. The second-order valence-electron chi connectivity index (χ2n) is 9.03. The maximum Gasteiger partial charge on any atom is 0.428 e. The highest BCUT2D eigenvalue weighted by atomic mass is 19.1. The number of rotatable bonds is 5. The molecule has 9 heteroatoms. The van der Waals surface area contributed by atoms with E-state index in [0.29, 0.717) is 24.5 Å². The van der Waals surface area contributed by atoms with Gasteiger partial charge >= 0.3 is 6.09 Å². The molecule has 1 aromatic carbocycles. The Balaban J connectivity index is 1.35. The Bertz CT molecular complexity index is 851. The van der Waals surface area contributed by atoms with Gasteiger partial charge in [-0.2, -0.15) is 5.10 Å². The number of hydrazone groups is 1. The molecular formula is C22H30FN5O3. The average molecular weight is 432 g/mol. The first-order chi connectivity index (χ1) is 14.8. The van der Waals surface area contributed by atoms with Crippen molar-refractivity contribution in [3.05, 3.63) is 35.6 Å². The van der Waals surface area contributed by atoms with Crippen LogP contribution in [0.1, 0.15) is 57.9 Å². The quantitative estimate of drug-likeness (QED) is 0.573. The lowest BCUT2D eigenvalue weighted by Gasteiger charge is -2.42. The molecule has 2 amide bonds. The van der Waals surface area contributed by atoms with Crippen molar-refractivity contribution in [1.82, 2.24) is 21.6 Å². The zero-order valence-corrected chi connectivity index (χ0v) is 17.9. The molecule has 3 aliphatic rings. The van der Waals surface area contributed by atoms with Gasteiger partial charge in [-0.3, -0.25) is 10.2 Å². The fourth-order valence-corrected chi connectivity index (χ4v) is 4.90. The van der Waals surface area contributed by atoms with E-state index in [0.717, 1.165) is 31.2 Å². The molecule has 3 atom stereocenters. The van der Waals surface area contributed by atoms with Crippen LogP contribution in [0.5, 0.6) is 0 Å². The summed E-state index contributed by atoms with van der Waals surface area (Å²) in [5.41, 5.74) is 9.08. The highest BCUT2D eigenvalue weighted by molar-refractivity contribution is 6.08. The van der Waals surface area contributed by atoms with Gasteiger partial charge in [0.1, 0.15) is 17.6 Å². The molecule has 1 saturated carbocycles. The van der Waals surface area contributed by atoms with Crippen LogP contribution in [0.3, 0.4) is 0 Å². The monoisotopic (exact) mass is 431 g/mol. The second kappa shape index (κ2) is 8.92. The molecule has 2 unspecified atom stereocenters. The number of ether oxygens (including phenoxy) is 1. The Kier molecular flexibility index (Phi) is 6.24. The molecule has 31 heavy (non-hydrogen) atoms. The molecule has 0 radical (unpaired) electrons. The summed E-state index contributed by atoms with van der Waals surface area (Å²) in [6, 6.07) is 6.23. The number of halogens is 1. The maximum atomic E-state index is 13.4. The van der Waals surface area contributed by atoms with Gasteiger partial charge in [-0.15, -0.1) is 0 Å². The Labute approximate surface area is 181 Å². The molecule has 2 aliphatic heterocycles. The summed E-state index contributed by atoms with van der Waals surface area (Å²) >= 11 is 0. The number of hydrogen-bond donors (Lipinski definition) is 4. The fourth-order valence-electron chi connectivity index (χ4n) is 4.90. The molecule has 8 nitrogen and oxygen atoms in total. The SMILES string of the molecule is CC1CC(C(=O)N[C@@H](C)CC2CCC3(CC2)OC(=O)NN=C3c2ccc(F)cc2)NN1. The first-order valence-corrected chi connectivity index (χ1v) is 11.0. The first-order valence-electron chi connectivity index (χ1n) is 11.0. The van der Waals surface area contributed by atoms with Gasteiger partial charge in [0.2, 0.25) is 5.91 Å². The van der Waals surface area contributed by atoms with E-state index in [4.69, 9.17) is 4.74 Å². The number of nitrogens with zero attached hydrogens (tertiary/aromatic N) is 1. The molecule has 1 aromatic rings. The van der Waals surface area contributed by atoms with E-state index in [-0.39, 0.29) is 29.8 Å². The lowest BCUT2D eigenvalue weighted by molar-refractivity contribution is -0.123. The van der Waals surface area contributed by atoms with Crippen molar-refractivity contribution < 1.29 is 18.7 Å². The molecule has 1 saturated heterocycles. The fraction of sp³-hybridized carbons (Fsp3) is 0.591. The first kappa shape index (κ1) is 21.7.